The first-order chi connectivity index (χ1) is 16.0. The highest BCUT2D eigenvalue weighted by atomic mass is 35.5. The number of Topliss-reactive ketones (excluding diaryl/α,β-unsaturated/α-hetero) is 1. The number of rotatable bonds is 4. The molecule has 0 amide bonds. The average Bonchev–Trinajstić information content (AvgIpc) is 3.32. The lowest BCUT2D eigenvalue weighted by Crippen LogP contribution is -2.36. The Morgan fingerprint density at radius 2 is 1.67 bits per heavy atom. The molecule has 3 aliphatic rings. The number of hydrogen-bond donors (Lipinski definition) is 1. The van der Waals surface area contributed by atoms with Gasteiger partial charge in [-0.2, -0.15) is 0 Å². The smallest absolute Gasteiger partial charge is 0.337 e. The van der Waals surface area contributed by atoms with Gasteiger partial charge in [0.15, 0.2) is 5.78 Å². The molecule has 1 saturated carbocycles. The van der Waals surface area contributed by atoms with Gasteiger partial charge in [0.05, 0.1) is 5.57 Å². The molecule has 2 unspecified atom stereocenters. The van der Waals surface area contributed by atoms with E-state index in [4.69, 9.17) is 16.3 Å². The van der Waals surface area contributed by atoms with Crippen molar-refractivity contribution in [1.82, 2.24) is 5.32 Å². The van der Waals surface area contributed by atoms with Gasteiger partial charge >= 0.3 is 5.97 Å². The van der Waals surface area contributed by atoms with Gasteiger partial charge in [-0.25, -0.2) is 4.79 Å². The fraction of sp³-hybridized carbons (Fsp3) is 0.357. The molecule has 5 heteroatoms. The van der Waals surface area contributed by atoms with Crippen LogP contribution in [0.1, 0.15) is 68.4 Å². The highest BCUT2D eigenvalue weighted by Gasteiger charge is 2.41. The van der Waals surface area contributed by atoms with Crippen LogP contribution in [-0.4, -0.2) is 17.9 Å². The van der Waals surface area contributed by atoms with Crippen molar-refractivity contribution in [2.45, 2.75) is 63.4 Å². The molecular weight excluding hydrogens is 434 g/mol. The summed E-state index contributed by atoms with van der Waals surface area (Å²) in [6.45, 7) is 1.92. The monoisotopic (exact) mass is 461 g/mol. The van der Waals surface area contributed by atoms with E-state index >= 15 is 0 Å². The third-order valence-electron chi connectivity index (χ3n) is 7.10. The topological polar surface area (TPSA) is 55.4 Å². The lowest BCUT2D eigenvalue weighted by atomic mass is 9.72. The second-order valence-electron chi connectivity index (χ2n) is 9.29. The van der Waals surface area contributed by atoms with Crippen LogP contribution in [0.15, 0.2) is 77.1 Å². The lowest BCUT2D eigenvalue weighted by molar-refractivity contribution is -0.144. The minimum absolute atomic E-state index is 0.0269. The molecule has 0 radical (unpaired) electrons. The predicted molar refractivity (Wildman–Crippen MR) is 129 cm³/mol. The summed E-state index contributed by atoms with van der Waals surface area (Å²) in [4.78, 5) is 27.0. The Morgan fingerprint density at radius 3 is 2.36 bits per heavy atom. The fourth-order valence-corrected chi connectivity index (χ4v) is 5.61. The molecule has 0 bridgehead atoms. The summed E-state index contributed by atoms with van der Waals surface area (Å²) in [7, 11) is 0. The van der Waals surface area contributed by atoms with Crippen molar-refractivity contribution in [2.24, 2.45) is 0 Å². The molecule has 0 saturated heterocycles. The summed E-state index contributed by atoms with van der Waals surface area (Å²) in [5.41, 5.74) is 5.00. The van der Waals surface area contributed by atoms with Crippen molar-refractivity contribution in [3.63, 3.8) is 0 Å². The molecule has 33 heavy (non-hydrogen) atoms. The molecule has 2 atom stereocenters. The molecule has 1 fully saturated rings. The van der Waals surface area contributed by atoms with Gasteiger partial charge in [-0.15, -0.1) is 0 Å². The lowest BCUT2D eigenvalue weighted by Gasteiger charge is -2.37. The first-order valence-corrected chi connectivity index (χ1v) is 12.1. The van der Waals surface area contributed by atoms with Crippen molar-refractivity contribution in [3.8, 4) is 0 Å². The Morgan fingerprint density at radius 1 is 0.970 bits per heavy atom. The number of halogens is 1. The van der Waals surface area contributed by atoms with Crippen LogP contribution in [-0.2, 0) is 14.3 Å². The Bertz CT molecular complexity index is 1130. The standard InChI is InChI=1S/C28H28ClNO3/c1-17-25(28(32)33-22-9-5-6-10-22)26(19-7-3-2-4-8-19)27-23(30-17)15-20(16-24(27)31)18-11-13-21(29)14-12-18/h2-4,7-8,11-14,20,22,26,30H,5-6,9-10,15-16H2,1H3. The van der Waals surface area contributed by atoms with Crippen LogP contribution in [0.5, 0.6) is 0 Å². The SMILES string of the molecule is CC1=C(C(=O)OC2CCCC2)C(c2ccccc2)C2=C(CC(c3ccc(Cl)cc3)CC2=O)N1. The van der Waals surface area contributed by atoms with Crippen LogP contribution in [0.4, 0.5) is 0 Å². The Labute approximate surface area is 199 Å². The Hall–Kier alpha value is -2.85. The summed E-state index contributed by atoms with van der Waals surface area (Å²) in [5.74, 6) is -0.552. The van der Waals surface area contributed by atoms with E-state index < -0.39 is 5.92 Å². The number of hydrogen-bond acceptors (Lipinski definition) is 4. The van der Waals surface area contributed by atoms with Crippen LogP contribution < -0.4 is 5.32 Å². The number of ether oxygens (including phenoxy) is 1. The quantitative estimate of drug-likeness (QED) is 0.552. The zero-order valence-electron chi connectivity index (χ0n) is 18.8. The normalized spacial score (nSPS) is 23.4. The van der Waals surface area contributed by atoms with E-state index in [2.05, 4.69) is 5.32 Å². The zero-order chi connectivity index (χ0) is 22.9. The van der Waals surface area contributed by atoms with Gasteiger partial charge in [0, 0.05) is 34.3 Å². The van der Waals surface area contributed by atoms with Gasteiger partial charge < -0.3 is 10.1 Å². The third-order valence-corrected chi connectivity index (χ3v) is 7.35. The predicted octanol–water partition coefficient (Wildman–Crippen LogP) is 6.19. The maximum atomic E-state index is 13.6. The van der Waals surface area contributed by atoms with E-state index in [-0.39, 0.29) is 23.8 Å². The maximum absolute atomic E-state index is 13.6. The largest absolute Gasteiger partial charge is 0.459 e. The summed E-state index contributed by atoms with van der Waals surface area (Å²) in [6, 6.07) is 17.6. The van der Waals surface area contributed by atoms with Crippen LogP contribution in [0.25, 0.3) is 0 Å². The van der Waals surface area contributed by atoms with Crippen LogP contribution in [0.3, 0.4) is 0 Å². The number of esters is 1. The number of carbonyl (C=O) groups excluding carboxylic acids is 2. The van der Waals surface area contributed by atoms with Gasteiger partial charge in [0.1, 0.15) is 6.10 Å². The van der Waals surface area contributed by atoms with E-state index in [1.807, 2.05) is 61.5 Å². The van der Waals surface area contributed by atoms with Crippen molar-refractivity contribution < 1.29 is 14.3 Å². The highest BCUT2D eigenvalue weighted by Crippen LogP contribution is 2.46. The number of allylic oxidation sites excluding steroid dienone is 3. The van der Waals surface area contributed by atoms with Crippen LogP contribution in [0, 0.1) is 0 Å². The Kier molecular flexibility index (Phi) is 6.11. The summed E-state index contributed by atoms with van der Waals surface area (Å²) in [5, 5.41) is 4.11. The molecule has 5 rings (SSSR count). The van der Waals surface area contributed by atoms with Gasteiger partial charge in [0.2, 0.25) is 0 Å². The van der Waals surface area contributed by atoms with Crippen molar-refractivity contribution in [2.75, 3.05) is 0 Å². The summed E-state index contributed by atoms with van der Waals surface area (Å²) >= 11 is 6.06. The first-order valence-electron chi connectivity index (χ1n) is 11.8. The van der Waals surface area contributed by atoms with Crippen molar-refractivity contribution in [1.29, 1.82) is 0 Å². The number of nitrogens with one attached hydrogen (secondary N) is 1. The minimum Gasteiger partial charge on any atom is -0.459 e. The fourth-order valence-electron chi connectivity index (χ4n) is 5.48. The molecule has 170 valence electrons. The number of dihydropyridines is 1. The third kappa shape index (κ3) is 4.37. The van der Waals surface area contributed by atoms with Crippen molar-refractivity contribution >= 4 is 23.4 Å². The molecule has 0 spiro atoms. The molecule has 2 aliphatic carbocycles. The second-order valence-corrected chi connectivity index (χ2v) is 9.73. The van der Waals surface area contributed by atoms with E-state index in [1.54, 1.807) is 0 Å². The van der Waals surface area contributed by atoms with Gasteiger partial charge in [0.25, 0.3) is 0 Å². The van der Waals surface area contributed by atoms with E-state index in [9.17, 15) is 9.59 Å². The molecule has 1 heterocycles. The molecule has 2 aromatic carbocycles. The van der Waals surface area contributed by atoms with Gasteiger partial charge in [-0.1, -0.05) is 54.1 Å². The highest BCUT2D eigenvalue weighted by molar-refractivity contribution is 6.30. The molecule has 4 nitrogen and oxygen atoms in total. The van der Waals surface area contributed by atoms with Gasteiger partial charge in [-0.05, 0) is 68.2 Å². The summed E-state index contributed by atoms with van der Waals surface area (Å²) < 4.78 is 5.91. The second kappa shape index (κ2) is 9.18. The summed E-state index contributed by atoms with van der Waals surface area (Å²) in [6.07, 6.45) is 5.12. The number of carbonyl (C=O) groups is 2. The maximum Gasteiger partial charge on any atom is 0.337 e. The van der Waals surface area contributed by atoms with Gasteiger partial charge in [-0.3, -0.25) is 4.79 Å². The number of benzene rings is 2. The number of ketones is 1. The minimum atomic E-state index is -0.407. The zero-order valence-corrected chi connectivity index (χ0v) is 19.5. The Balaban J connectivity index is 1.52. The first kappa shape index (κ1) is 22.0. The average molecular weight is 462 g/mol. The van der Waals surface area contributed by atoms with Crippen LogP contribution in [0.2, 0.25) is 5.02 Å². The van der Waals surface area contributed by atoms with Crippen molar-refractivity contribution in [3.05, 3.63) is 93.3 Å². The molecule has 1 aliphatic heterocycles. The van der Waals surface area contributed by atoms with E-state index in [0.717, 1.165) is 48.2 Å². The molecular formula is C28H28ClNO3. The molecule has 0 aromatic heterocycles. The van der Waals surface area contributed by atoms with E-state index in [0.29, 0.717) is 29.0 Å². The molecule has 2 aromatic rings. The van der Waals surface area contributed by atoms with Crippen LogP contribution >= 0.6 is 11.6 Å². The molecule has 1 N–H and O–H groups in total. The van der Waals surface area contributed by atoms with E-state index in [1.165, 1.54) is 0 Å².